The maximum Gasteiger partial charge on any atom is 0.261 e. The summed E-state index contributed by atoms with van der Waals surface area (Å²) in [6.45, 7) is 4.05. The fraction of sp³-hybridized carbons (Fsp3) is 0.208. The van der Waals surface area contributed by atoms with Gasteiger partial charge in [-0.25, -0.2) is 8.42 Å². The lowest BCUT2D eigenvalue weighted by molar-refractivity contribution is 0.0946. The van der Waals surface area contributed by atoms with E-state index in [0.29, 0.717) is 22.7 Å². The monoisotopic (exact) mass is 454 g/mol. The molecule has 0 atom stereocenters. The average molecular weight is 455 g/mol. The van der Waals surface area contributed by atoms with Crippen LogP contribution in [0.15, 0.2) is 71.6 Å². The van der Waals surface area contributed by atoms with E-state index < -0.39 is 10.0 Å². The highest BCUT2D eigenvalue weighted by atomic mass is 32.2. The molecule has 3 aromatic carbocycles. The van der Waals surface area contributed by atoms with Crippen molar-refractivity contribution in [2.24, 2.45) is 0 Å². The maximum atomic E-state index is 12.8. The quantitative estimate of drug-likeness (QED) is 0.478. The van der Waals surface area contributed by atoms with Gasteiger partial charge in [-0.1, -0.05) is 36.4 Å². The number of ether oxygens (including phenoxy) is 2. The molecule has 0 fully saturated rings. The summed E-state index contributed by atoms with van der Waals surface area (Å²) in [5, 5.41) is 2.77. The number of amides is 1. The number of hydrogen-bond acceptors (Lipinski definition) is 5. The van der Waals surface area contributed by atoms with E-state index in [1.54, 1.807) is 44.4 Å². The van der Waals surface area contributed by atoms with Gasteiger partial charge in [-0.05, 0) is 55.3 Å². The topological polar surface area (TPSA) is 93.7 Å². The smallest absolute Gasteiger partial charge is 0.261 e. The number of carbonyl (C=O) groups is 1. The average Bonchev–Trinajstić information content (AvgIpc) is 2.78. The summed E-state index contributed by atoms with van der Waals surface area (Å²) < 4.78 is 39.1. The Hall–Kier alpha value is -3.52. The van der Waals surface area contributed by atoms with Gasteiger partial charge in [0.2, 0.25) is 0 Å². The molecule has 0 aliphatic rings. The largest absolute Gasteiger partial charge is 0.493 e. The van der Waals surface area contributed by atoms with Crippen LogP contribution in [-0.2, 0) is 10.0 Å². The SMILES string of the molecule is COc1ccccc1OCCNC(=O)c1cc(S(=O)(=O)Nc2ccccc2C)ccc1C. The van der Waals surface area contributed by atoms with Crippen molar-refractivity contribution in [3.8, 4) is 11.5 Å². The summed E-state index contributed by atoms with van der Waals surface area (Å²) in [7, 11) is -2.29. The van der Waals surface area contributed by atoms with Crippen molar-refractivity contribution in [3.63, 3.8) is 0 Å². The minimum atomic E-state index is -3.85. The lowest BCUT2D eigenvalue weighted by atomic mass is 10.1. The van der Waals surface area contributed by atoms with Gasteiger partial charge in [0.05, 0.1) is 24.2 Å². The molecule has 1 amide bonds. The van der Waals surface area contributed by atoms with Gasteiger partial charge in [-0.2, -0.15) is 0 Å². The predicted octanol–water partition coefficient (Wildman–Crippen LogP) is 3.92. The molecule has 0 spiro atoms. The number of methoxy groups -OCH3 is 1. The summed E-state index contributed by atoms with van der Waals surface area (Å²) in [6.07, 6.45) is 0. The van der Waals surface area contributed by atoms with Crippen molar-refractivity contribution in [3.05, 3.63) is 83.4 Å². The molecule has 0 heterocycles. The van der Waals surface area contributed by atoms with Gasteiger partial charge in [0.15, 0.2) is 11.5 Å². The lowest BCUT2D eigenvalue weighted by Gasteiger charge is -2.13. The Balaban J connectivity index is 1.67. The molecule has 0 aromatic heterocycles. The van der Waals surface area contributed by atoms with Crippen molar-refractivity contribution in [1.82, 2.24) is 5.32 Å². The summed E-state index contributed by atoms with van der Waals surface area (Å²) in [5.41, 5.74) is 2.25. The fourth-order valence-electron chi connectivity index (χ4n) is 3.06. The van der Waals surface area contributed by atoms with E-state index in [9.17, 15) is 13.2 Å². The Morgan fingerprint density at radius 3 is 2.31 bits per heavy atom. The Morgan fingerprint density at radius 1 is 0.906 bits per heavy atom. The number of anilines is 1. The zero-order valence-electron chi connectivity index (χ0n) is 18.2. The van der Waals surface area contributed by atoms with Gasteiger partial charge < -0.3 is 14.8 Å². The van der Waals surface area contributed by atoms with Crippen LogP contribution in [0.2, 0.25) is 0 Å². The minimum Gasteiger partial charge on any atom is -0.493 e. The molecule has 2 N–H and O–H groups in total. The highest BCUT2D eigenvalue weighted by Crippen LogP contribution is 2.25. The second-order valence-corrected chi connectivity index (χ2v) is 8.83. The summed E-state index contributed by atoms with van der Waals surface area (Å²) >= 11 is 0. The van der Waals surface area contributed by atoms with Gasteiger partial charge >= 0.3 is 0 Å². The van der Waals surface area contributed by atoms with E-state index in [0.717, 1.165) is 5.56 Å². The van der Waals surface area contributed by atoms with Crippen LogP contribution in [0.3, 0.4) is 0 Å². The summed E-state index contributed by atoms with van der Waals surface area (Å²) in [5.74, 6) is 0.809. The number of sulfonamides is 1. The molecule has 0 saturated carbocycles. The predicted molar refractivity (Wildman–Crippen MR) is 124 cm³/mol. The highest BCUT2D eigenvalue weighted by molar-refractivity contribution is 7.92. The molecule has 3 aromatic rings. The van der Waals surface area contributed by atoms with Crippen LogP contribution in [-0.4, -0.2) is 34.6 Å². The van der Waals surface area contributed by atoms with Crippen molar-refractivity contribution in [2.75, 3.05) is 25.0 Å². The van der Waals surface area contributed by atoms with Crippen LogP contribution in [0, 0.1) is 13.8 Å². The van der Waals surface area contributed by atoms with Crippen molar-refractivity contribution >= 4 is 21.6 Å². The fourth-order valence-corrected chi connectivity index (χ4v) is 4.22. The Kier molecular flexibility index (Phi) is 7.37. The number of aryl methyl sites for hydroxylation is 2. The molecule has 0 unspecified atom stereocenters. The first-order valence-electron chi connectivity index (χ1n) is 10.0. The van der Waals surface area contributed by atoms with Gasteiger partial charge in [0, 0.05) is 5.56 Å². The first-order valence-corrected chi connectivity index (χ1v) is 11.5. The van der Waals surface area contributed by atoms with E-state index in [-0.39, 0.29) is 29.5 Å². The molecule has 7 nitrogen and oxygen atoms in total. The third-order valence-electron chi connectivity index (χ3n) is 4.87. The molecule has 168 valence electrons. The molecule has 0 radical (unpaired) electrons. The third kappa shape index (κ3) is 5.59. The standard InChI is InChI=1S/C24H26N2O5S/c1-17-12-13-19(32(28,29)26-21-9-5-4-8-18(21)2)16-20(17)24(27)25-14-15-31-23-11-7-6-10-22(23)30-3/h4-13,16,26H,14-15H2,1-3H3,(H,25,27). The number of carbonyl (C=O) groups excluding carboxylic acids is 1. The van der Waals surface area contributed by atoms with Gasteiger partial charge in [0.25, 0.3) is 15.9 Å². The summed E-state index contributed by atoms with van der Waals surface area (Å²) in [6, 6.07) is 18.8. The molecule has 0 bridgehead atoms. The second-order valence-electron chi connectivity index (χ2n) is 7.15. The molecule has 32 heavy (non-hydrogen) atoms. The maximum absolute atomic E-state index is 12.8. The van der Waals surface area contributed by atoms with E-state index in [4.69, 9.17) is 9.47 Å². The lowest BCUT2D eigenvalue weighted by Crippen LogP contribution is -2.29. The molecule has 8 heteroatoms. The van der Waals surface area contributed by atoms with Gasteiger partial charge in [0.1, 0.15) is 6.61 Å². The van der Waals surface area contributed by atoms with E-state index in [1.807, 2.05) is 31.2 Å². The van der Waals surface area contributed by atoms with E-state index in [1.165, 1.54) is 12.1 Å². The Bertz CT molecular complexity index is 1210. The van der Waals surface area contributed by atoms with Crippen LogP contribution in [0.25, 0.3) is 0 Å². The Labute approximate surface area is 188 Å². The molecular formula is C24H26N2O5S. The highest BCUT2D eigenvalue weighted by Gasteiger charge is 2.19. The summed E-state index contributed by atoms with van der Waals surface area (Å²) in [4.78, 5) is 12.7. The minimum absolute atomic E-state index is 0.0155. The normalized spacial score (nSPS) is 11.0. The molecular weight excluding hydrogens is 428 g/mol. The van der Waals surface area contributed by atoms with Crippen LogP contribution in [0.1, 0.15) is 21.5 Å². The first kappa shape index (κ1) is 23.1. The molecule has 0 aliphatic heterocycles. The van der Waals surface area contributed by atoms with Crippen LogP contribution in [0.5, 0.6) is 11.5 Å². The number of benzene rings is 3. The van der Waals surface area contributed by atoms with Crippen LogP contribution >= 0.6 is 0 Å². The Morgan fingerprint density at radius 2 is 1.59 bits per heavy atom. The zero-order chi connectivity index (χ0) is 23.1. The van der Waals surface area contributed by atoms with Crippen molar-refractivity contribution in [2.45, 2.75) is 18.7 Å². The molecule has 3 rings (SSSR count). The number of rotatable bonds is 9. The van der Waals surface area contributed by atoms with E-state index >= 15 is 0 Å². The third-order valence-corrected chi connectivity index (χ3v) is 6.23. The number of hydrogen-bond donors (Lipinski definition) is 2. The van der Waals surface area contributed by atoms with E-state index in [2.05, 4.69) is 10.0 Å². The number of para-hydroxylation sites is 3. The van der Waals surface area contributed by atoms with Crippen molar-refractivity contribution < 1.29 is 22.7 Å². The zero-order valence-corrected chi connectivity index (χ0v) is 19.0. The first-order chi connectivity index (χ1) is 15.3. The second kappa shape index (κ2) is 10.2. The van der Waals surface area contributed by atoms with Crippen LogP contribution < -0.4 is 19.5 Å². The molecule has 0 saturated heterocycles. The molecule has 0 aliphatic carbocycles. The van der Waals surface area contributed by atoms with Gasteiger partial charge in [-0.3, -0.25) is 9.52 Å². The van der Waals surface area contributed by atoms with Crippen molar-refractivity contribution in [1.29, 1.82) is 0 Å². The number of nitrogens with one attached hydrogen (secondary N) is 2. The van der Waals surface area contributed by atoms with Crippen LogP contribution in [0.4, 0.5) is 5.69 Å². The van der Waals surface area contributed by atoms with Gasteiger partial charge in [-0.15, -0.1) is 0 Å².